The van der Waals surface area contributed by atoms with Crippen molar-refractivity contribution in [3.8, 4) is 0 Å². The van der Waals surface area contributed by atoms with Crippen LogP contribution in [0.2, 0.25) is 0 Å². The van der Waals surface area contributed by atoms with Crippen molar-refractivity contribution in [1.29, 1.82) is 0 Å². The topological polar surface area (TPSA) is 102 Å². The Kier molecular flexibility index (Phi) is 7.61. The molecule has 0 spiro atoms. The zero-order valence-corrected chi connectivity index (χ0v) is 15.4. The molecule has 1 aromatic heterocycles. The molecule has 1 amide bonds. The number of ether oxygens (including phenoxy) is 1. The maximum atomic E-state index is 11.3. The molecule has 0 saturated carbocycles. The van der Waals surface area contributed by atoms with E-state index >= 15 is 0 Å². The average Bonchev–Trinajstić information content (AvgIpc) is 3.15. The van der Waals surface area contributed by atoms with Gasteiger partial charge in [0.25, 0.3) is 0 Å². The molecule has 1 fully saturated rings. The molecule has 9 heteroatoms. The van der Waals surface area contributed by atoms with Gasteiger partial charge in [-0.05, 0) is 25.0 Å². The number of sulfonamides is 1. The number of nitrogens with one attached hydrogen (secondary N) is 1. The van der Waals surface area contributed by atoms with Gasteiger partial charge in [0, 0.05) is 20.2 Å². The van der Waals surface area contributed by atoms with E-state index in [-0.39, 0.29) is 8.03 Å². The first-order valence-corrected chi connectivity index (χ1v) is 10.1. The van der Waals surface area contributed by atoms with Gasteiger partial charge >= 0.3 is 6.09 Å². The number of rotatable bonds is 4. The summed E-state index contributed by atoms with van der Waals surface area (Å²) < 4.78 is 33.2. The monoisotopic (exact) mass is 383 g/mol. The highest BCUT2D eigenvalue weighted by Gasteiger charge is 2.18. The van der Waals surface area contributed by atoms with Crippen molar-refractivity contribution < 1.29 is 23.8 Å². The largest absolute Gasteiger partial charge is 0.445 e. The van der Waals surface area contributed by atoms with Crippen molar-refractivity contribution >= 4 is 21.8 Å². The number of aromatic nitrogens is 1. The Morgan fingerprint density at radius 3 is 2.50 bits per heavy atom. The number of oxazole rings is 1. The molecule has 26 heavy (non-hydrogen) atoms. The minimum Gasteiger partial charge on any atom is -0.445 e. The summed E-state index contributed by atoms with van der Waals surface area (Å²) in [4.78, 5) is 15.0. The second-order valence-electron chi connectivity index (χ2n) is 5.76. The van der Waals surface area contributed by atoms with Crippen LogP contribution >= 0.6 is 0 Å². The summed E-state index contributed by atoms with van der Waals surface area (Å²) in [5.41, 5.74) is 0.685. The number of piperidine rings is 1. The molecule has 2 heterocycles. The summed E-state index contributed by atoms with van der Waals surface area (Å²) in [6.45, 7) is 1.51. The highest BCUT2D eigenvalue weighted by atomic mass is 32.2. The highest BCUT2D eigenvalue weighted by Crippen LogP contribution is 2.11. The van der Waals surface area contributed by atoms with Gasteiger partial charge in [-0.1, -0.05) is 24.6 Å². The fourth-order valence-corrected chi connectivity index (χ4v) is 3.24. The van der Waals surface area contributed by atoms with E-state index in [2.05, 4.69) is 10.3 Å². The van der Waals surface area contributed by atoms with Crippen LogP contribution < -0.4 is 5.32 Å². The number of hydrogen-bond acceptors (Lipinski definition) is 6. The van der Waals surface area contributed by atoms with Crippen molar-refractivity contribution in [2.45, 2.75) is 25.9 Å². The summed E-state index contributed by atoms with van der Waals surface area (Å²) in [6, 6.07) is 9.06. The first kappa shape index (κ1) is 19.9. The second kappa shape index (κ2) is 9.93. The molecule has 1 N–H and O–H groups in total. The smallest absolute Gasteiger partial charge is 0.412 e. The van der Waals surface area contributed by atoms with E-state index in [1.54, 1.807) is 16.4 Å². The Labute approximate surface area is 154 Å². The standard InChI is InChI=1S/C11H10N2O3.C6H13NO2S.H2/c14-11(13-9-4-2-1-3-5-9)15-7-10-6-12-8-16-10;1-10(8,9)7-5-3-2-4-6-7;/h1-6,8H,7H2,(H,13,14);2-6H2,1H3;1H. The molecule has 144 valence electrons. The van der Waals surface area contributed by atoms with E-state index in [0.29, 0.717) is 11.4 Å². The van der Waals surface area contributed by atoms with Crippen molar-refractivity contribution in [3.05, 3.63) is 48.7 Å². The van der Waals surface area contributed by atoms with Gasteiger partial charge < -0.3 is 9.15 Å². The fourth-order valence-electron chi connectivity index (χ4n) is 2.32. The number of amides is 1. The van der Waals surface area contributed by atoms with E-state index in [9.17, 15) is 13.2 Å². The van der Waals surface area contributed by atoms with E-state index in [0.717, 1.165) is 25.9 Å². The van der Waals surface area contributed by atoms with Crippen LogP contribution in [-0.4, -0.2) is 43.1 Å². The average molecular weight is 383 g/mol. The van der Waals surface area contributed by atoms with Crippen LogP contribution in [-0.2, 0) is 21.4 Å². The van der Waals surface area contributed by atoms with Crippen LogP contribution in [0.5, 0.6) is 0 Å². The summed E-state index contributed by atoms with van der Waals surface area (Å²) in [7, 11) is -2.89. The number of para-hydroxylation sites is 1. The van der Waals surface area contributed by atoms with Crippen molar-refractivity contribution in [2.24, 2.45) is 0 Å². The van der Waals surface area contributed by atoms with Gasteiger partial charge in [-0.15, -0.1) is 0 Å². The lowest BCUT2D eigenvalue weighted by Gasteiger charge is -2.23. The number of benzene rings is 1. The zero-order chi connectivity index (χ0) is 18.8. The zero-order valence-electron chi connectivity index (χ0n) is 14.6. The van der Waals surface area contributed by atoms with Gasteiger partial charge in [-0.25, -0.2) is 22.5 Å². The first-order chi connectivity index (χ1) is 12.4. The maximum absolute atomic E-state index is 11.3. The van der Waals surface area contributed by atoms with E-state index < -0.39 is 16.1 Å². The molecule has 0 atom stereocenters. The molecule has 2 aromatic rings. The van der Waals surface area contributed by atoms with Crippen LogP contribution in [0.25, 0.3) is 0 Å². The Bertz CT molecular complexity index is 763. The SMILES string of the molecule is CS(=O)(=O)N1CCCCC1.O=C(Nc1ccccc1)OCc1cnco1.[HH]. The van der Waals surface area contributed by atoms with Crippen LogP contribution in [0.4, 0.5) is 10.5 Å². The van der Waals surface area contributed by atoms with Crippen molar-refractivity contribution in [3.63, 3.8) is 0 Å². The van der Waals surface area contributed by atoms with Crippen LogP contribution in [0.1, 0.15) is 26.4 Å². The van der Waals surface area contributed by atoms with E-state index in [4.69, 9.17) is 9.15 Å². The van der Waals surface area contributed by atoms with Gasteiger partial charge in [0.05, 0.1) is 12.5 Å². The summed E-state index contributed by atoms with van der Waals surface area (Å²) in [6.07, 6.45) is 6.75. The van der Waals surface area contributed by atoms with Crippen LogP contribution in [0.3, 0.4) is 0 Å². The first-order valence-electron chi connectivity index (χ1n) is 8.26. The number of carbonyl (C=O) groups excluding carboxylic acids is 1. The fraction of sp³-hybridized carbons (Fsp3) is 0.412. The molecule has 0 unspecified atom stereocenters. The van der Waals surface area contributed by atoms with Gasteiger partial charge in [0.1, 0.15) is 0 Å². The molecule has 3 rings (SSSR count). The summed E-state index contributed by atoms with van der Waals surface area (Å²) in [5.74, 6) is 0.503. The number of hydrogen-bond donors (Lipinski definition) is 1. The molecule has 1 aliphatic heterocycles. The summed E-state index contributed by atoms with van der Waals surface area (Å²) >= 11 is 0. The molecular weight excluding hydrogens is 358 g/mol. The molecule has 1 aromatic carbocycles. The number of nitrogens with zero attached hydrogens (tertiary/aromatic N) is 2. The van der Waals surface area contributed by atoms with Gasteiger partial charge in [-0.3, -0.25) is 5.32 Å². The quantitative estimate of drug-likeness (QED) is 0.870. The Hall–Kier alpha value is -2.39. The minimum absolute atomic E-state index is 0. The molecular formula is C17H25N3O5S. The molecule has 8 nitrogen and oxygen atoms in total. The van der Waals surface area contributed by atoms with Crippen LogP contribution in [0, 0.1) is 0 Å². The van der Waals surface area contributed by atoms with Gasteiger partial charge in [0.15, 0.2) is 18.8 Å². The molecule has 0 bridgehead atoms. The lowest BCUT2D eigenvalue weighted by Crippen LogP contribution is -2.34. The number of anilines is 1. The Balaban J connectivity index is 0.000000288. The molecule has 0 radical (unpaired) electrons. The summed E-state index contributed by atoms with van der Waals surface area (Å²) in [5, 5.41) is 2.58. The molecule has 0 aliphatic carbocycles. The van der Waals surface area contributed by atoms with E-state index in [1.165, 1.54) is 25.3 Å². The predicted molar refractivity (Wildman–Crippen MR) is 99.1 cm³/mol. The predicted octanol–water partition coefficient (Wildman–Crippen LogP) is 3.10. The van der Waals surface area contributed by atoms with Gasteiger partial charge in [-0.2, -0.15) is 0 Å². The number of carbonyl (C=O) groups is 1. The lowest BCUT2D eigenvalue weighted by atomic mass is 10.2. The molecule has 1 aliphatic rings. The second-order valence-corrected chi connectivity index (χ2v) is 7.74. The Morgan fingerprint density at radius 2 is 1.96 bits per heavy atom. The van der Waals surface area contributed by atoms with Crippen molar-refractivity contribution in [2.75, 3.05) is 24.7 Å². The maximum Gasteiger partial charge on any atom is 0.412 e. The Morgan fingerprint density at radius 1 is 1.27 bits per heavy atom. The third-order valence-electron chi connectivity index (χ3n) is 3.63. The minimum atomic E-state index is -2.89. The lowest BCUT2D eigenvalue weighted by molar-refractivity contribution is 0.146. The third-order valence-corrected chi connectivity index (χ3v) is 4.94. The molecule has 1 saturated heterocycles. The van der Waals surface area contributed by atoms with Crippen LogP contribution in [0.15, 0.2) is 47.3 Å². The van der Waals surface area contributed by atoms with Gasteiger partial charge in [0.2, 0.25) is 10.0 Å². The third kappa shape index (κ3) is 7.24. The highest BCUT2D eigenvalue weighted by molar-refractivity contribution is 7.88. The normalized spacial score (nSPS) is 14.8. The van der Waals surface area contributed by atoms with E-state index in [1.807, 2.05) is 18.2 Å². The van der Waals surface area contributed by atoms with Crippen molar-refractivity contribution in [1.82, 2.24) is 9.29 Å².